The van der Waals surface area contributed by atoms with Crippen molar-refractivity contribution in [3.05, 3.63) is 0 Å². The molecule has 0 aromatic rings. The van der Waals surface area contributed by atoms with Crippen LogP contribution >= 0.6 is 0 Å². The van der Waals surface area contributed by atoms with Crippen LogP contribution in [0.2, 0.25) is 0 Å². The number of nitrogens with two attached hydrogens (primary N) is 1. The van der Waals surface area contributed by atoms with Crippen molar-refractivity contribution in [3.8, 4) is 0 Å². The number of hydrogen-bond donors (Lipinski definition) is 1. The fourth-order valence-electron chi connectivity index (χ4n) is 2.29. The first-order chi connectivity index (χ1) is 6.18. The first kappa shape index (κ1) is 11.0. The van der Waals surface area contributed by atoms with Crippen LogP contribution in [-0.2, 0) is 0 Å². The van der Waals surface area contributed by atoms with Crippen molar-refractivity contribution in [1.82, 2.24) is 0 Å². The lowest BCUT2D eigenvalue weighted by atomic mass is 9.83. The molecule has 2 N–H and O–H groups in total. The zero-order valence-electron chi connectivity index (χ0n) is 9.26. The smallest absolute Gasteiger partial charge is 0.00390 e. The van der Waals surface area contributed by atoms with Crippen molar-refractivity contribution in [2.24, 2.45) is 17.6 Å². The normalized spacial score (nSPS) is 29.5. The maximum Gasteiger partial charge on any atom is 0.00390 e. The van der Waals surface area contributed by atoms with E-state index in [1.165, 1.54) is 44.9 Å². The quantitative estimate of drug-likeness (QED) is 0.711. The Balaban J connectivity index is 2.02. The highest BCUT2D eigenvalue weighted by molar-refractivity contribution is 4.74. The van der Waals surface area contributed by atoms with Gasteiger partial charge in [-0.25, -0.2) is 0 Å². The summed E-state index contributed by atoms with van der Waals surface area (Å²) in [6.45, 7) is 4.63. The van der Waals surface area contributed by atoms with Crippen LogP contribution in [0.4, 0.5) is 0 Å². The Labute approximate surface area is 83.1 Å². The van der Waals surface area contributed by atoms with E-state index in [-0.39, 0.29) is 0 Å². The van der Waals surface area contributed by atoms with Crippen LogP contribution < -0.4 is 5.73 Å². The SMILES string of the molecule is CC(C)CCCC1CCC(N)CC1. The van der Waals surface area contributed by atoms with Gasteiger partial charge in [-0.3, -0.25) is 0 Å². The molecule has 0 atom stereocenters. The topological polar surface area (TPSA) is 26.0 Å². The Bertz CT molecular complexity index is 123. The zero-order valence-corrected chi connectivity index (χ0v) is 9.26. The van der Waals surface area contributed by atoms with Crippen LogP contribution in [-0.4, -0.2) is 6.04 Å². The van der Waals surface area contributed by atoms with E-state index in [2.05, 4.69) is 13.8 Å². The molecule has 0 aliphatic heterocycles. The lowest BCUT2D eigenvalue weighted by Crippen LogP contribution is -2.26. The molecule has 0 aromatic carbocycles. The standard InChI is InChI=1S/C12H25N/c1-10(2)4-3-5-11-6-8-12(13)9-7-11/h10-12H,3-9,13H2,1-2H3. The molecule has 0 unspecified atom stereocenters. The molecular weight excluding hydrogens is 158 g/mol. The van der Waals surface area contributed by atoms with Gasteiger partial charge in [-0.1, -0.05) is 33.1 Å². The van der Waals surface area contributed by atoms with Gasteiger partial charge in [0.05, 0.1) is 0 Å². The summed E-state index contributed by atoms with van der Waals surface area (Å²) in [7, 11) is 0. The van der Waals surface area contributed by atoms with Crippen molar-refractivity contribution < 1.29 is 0 Å². The number of hydrogen-bond acceptors (Lipinski definition) is 1. The molecular formula is C12H25N. The molecule has 1 heteroatoms. The third-order valence-electron chi connectivity index (χ3n) is 3.29. The summed E-state index contributed by atoms with van der Waals surface area (Å²) < 4.78 is 0. The minimum Gasteiger partial charge on any atom is -0.328 e. The van der Waals surface area contributed by atoms with Gasteiger partial charge in [0, 0.05) is 6.04 Å². The highest BCUT2D eigenvalue weighted by Crippen LogP contribution is 2.27. The second kappa shape index (κ2) is 5.64. The monoisotopic (exact) mass is 183 g/mol. The van der Waals surface area contributed by atoms with Crippen molar-refractivity contribution in [1.29, 1.82) is 0 Å². The molecule has 1 rings (SSSR count). The van der Waals surface area contributed by atoms with Crippen LogP contribution in [0, 0.1) is 11.8 Å². The summed E-state index contributed by atoms with van der Waals surface area (Å²) in [5.41, 5.74) is 5.87. The highest BCUT2D eigenvalue weighted by atomic mass is 14.6. The predicted molar refractivity (Wildman–Crippen MR) is 58.6 cm³/mol. The van der Waals surface area contributed by atoms with Crippen LogP contribution in [0.5, 0.6) is 0 Å². The fourth-order valence-corrected chi connectivity index (χ4v) is 2.29. The molecule has 13 heavy (non-hydrogen) atoms. The van der Waals surface area contributed by atoms with E-state index < -0.39 is 0 Å². The van der Waals surface area contributed by atoms with E-state index >= 15 is 0 Å². The molecule has 1 saturated carbocycles. The Hall–Kier alpha value is -0.0400. The predicted octanol–water partition coefficient (Wildman–Crippen LogP) is 3.33. The van der Waals surface area contributed by atoms with E-state index in [4.69, 9.17) is 5.73 Å². The molecule has 0 amide bonds. The minimum atomic E-state index is 0.515. The minimum absolute atomic E-state index is 0.515. The molecule has 0 aromatic heterocycles. The van der Waals surface area contributed by atoms with E-state index in [0.717, 1.165) is 11.8 Å². The maximum absolute atomic E-state index is 5.87. The third-order valence-corrected chi connectivity index (χ3v) is 3.29. The van der Waals surface area contributed by atoms with E-state index in [1.54, 1.807) is 0 Å². The Kier molecular flexibility index (Phi) is 4.79. The Morgan fingerprint density at radius 1 is 1.15 bits per heavy atom. The largest absolute Gasteiger partial charge is 0.328 e. The average molecular weight is 183 g/mol. The molecule has 0 saturated heterocycles. The first-order valence-electron chi connectivity index (χ1n) is 5.94. The maximum atomic E-state index is 5.87. The summed E-state index contributed by atoms with van der Waals surface area (Å²) in [5, 5.41) is 0. The van der Waals surface area contributed by atoms with E-state index in [1.807, 2.05) is 0 Å². The molecule has 1 aliphatic rings. The van der Waals surface area contributed by atoms with E-state index in [9.17, 15) is 0 Å². The van der Waals surface area contributed by atoms with Crippen LogP contribution in [0.1, 0.15) is 58.8 Å². The second-order valence-corrected chi connectivity index (χ2v) is 5.11. The van der Waals surface area contributed by atoms with Gasteiger partial charge in [0.15, 0.2) is 0 Å². The van der Waals surface area contributed by atoms with Crippen molar-refractivity contribution in [3.63, 3.8) is 0 Å². The van der Waals surface area contributed by atoms with Gasteiger partial charge in [0.25, 0.3) is 0 Å². The molecule has 0 radical (unpaired) electrons. The Morgan fingerprint density at radius 3 is 2.31 bits per heavy atom. The van der Waals surface area contributed by atoms with Gasteiger partial charge in [-0.05, 0) is 37.5 Å². The summed E-state index contributed by atoms with van der Waals surface area (Å²) in [5.74, 6) is 1.88. The van der Waals surface area contributed by atoms with Gasteiger partial charge >= 0.3 is 0 Å². The molecule has 0 spiro atoms. The highest BCUT2D eigenvalue weighted by Gasteiger charge is 2.17. The molecule has 78 valence electrons. The average Bonchev–Trinajstić information content (AvgIpc) is 2.08. The van der Waals surface area contributed by atoms with Gasteiger partial charge in [-0.2, -0.15) is 0 Å². The number of rotatable bonds is 4. The molecule has 0 heterocycles. The molecule has 0 bridgehead atoms. The summed E-state index contributed by atoms with van der Waals surface area (Å²) in [4.78, 5) is 0. The van der Waals surface area contributed by atoms with Gasteiger partial charge < -0.3 is 5.73 Å². The van der Waals surface area contributed by atoms with Crippen molar-refractivity contribution >= 4 is 0 Å². The van der Waals surface area contributed by atoms with Crippen molar-refractivity contribution in [2.75, 3.05) is 0 Å². The molecule has 1 fully saturated rings. The lowest BCUT2D eigenvalue weighted by molar-refractivity contribution is 0.299. The fraction of sp³-hybridized carbons (Fsp3) is 1.00. The van der Waals surface area contributed by atoms with Crippen LogP contribution in [0.3, 0.4) is 0 Å². The summed E-state index contributed by atoms with van der Waals surface area (Å²) >= 11 is 0. The zero-order chi connectivity index (χ0) is 9.68. The molecule has 1 aliphatic carbocycles. The van der Waals surface area contributed by atoms with Gasteiger partial charge in [0.2, 0.25) is 0 Å². The van der Waals surface area contributed by atoms with Crippen molar-refractivity contribution in [2.45, 2.75) is 64.8 Å². The first-order valence-corrected chi connectivity index (χ1v) is 5.94. The summed E-state index contributed by atoms with van der Waals surface area (Å²) in [6.07, 6.45) is 9.60. The Morgan fingerprint density at radius 2 is 1.77 bits per heavy atom. The van der Waals surface area contributed by atoms with Crippen LogP contribution in [0.15, 0.2) is 0 Å². The van der Waals surface area contributed by atoms with Gasteiger partial charge in [0.1, 0.15) is 0 Å². The second-order valence-electron chi connectivity index (χ2n) is 5.11. The van der Waals surface area contributed by atoms with Gasteiger partial charge in [-0.15, -0.1) is 0 Å². The van der Waals surface area contributed by atoms with E-state index in [0.29, 0.717) is 6.04 Å². The third kappa shape index (κ3) is 4.66. The van der Waals surface area contributed by atoms with Crippen LogP contribution in [0.25, 0.3) is 0 Å². The summed E-state index contributed by atoms with van der Waals surface area (Å²) in [6, 6.07) is 0.515. The lowest BCUT2D eigenvalue weighted by Gasteiger charge is -2.26. The molecule has 1 nitrogen and oxygen atoms in total.